The lowest BCUT2D eigenvalue weighted by Gasteiger charge is -2.32. The van der Waals surface area contributed by atoms with E-state index in [9.17, 15) is 14.4 Å². The average Bonchev–Trinajstić information content (AvgIpc) is 3.38. The Bertz CT molecular complexity index is 1250. The smallest absolute Gasteiger partial charge is 0.244 e. The summed E-state index contributed by atoms with van der Waals surface area (Å²) in [5.41, 5.74) is 5.13. The van der Waals surface area contributed by atoms with Crippen LogP contribution in [0.1, 0.15) is 42.5 Å². The van der Waals surface area contributed by atoms with E-state index in [2.05, 4.69) is 36.3 Å². The van der Waals surface area contributed by atoms with E-state index in [1.54, 1.807) is 25.3 Å². The van der Waals surface area contributed by atoms with Crippen molar-refractivity contribution in [2.45, 2.75) is 58.3 Å². The minimum Gasteiger partial charge on any atom is -0.351 e. The van der Waals surface area contributed by atoms with Gasteiger partial charge in [0.15, 0.2) is 0 Å². The monoisotopic (exact) mass is 475 g/mol. The van der Waals surface area contributed by atoms with Gasteiger partial charge in [0.2, 0.25) is 17.7 Å². The number of nitrogens with zero attached hydrogens (tertiary/aromatic N) is 4. The molecule has 184 valence electrons. The molecule has 1 saturated heterocycles. The molecule has 1 aliphatic rings. The second-order valence-electron chi connectivity index (χ2n) is 9.56. The van der Waals surface area contributed by atoms with Crippen molar-refractivity contribution in [1.82, 2.24) is 24.7 Å². The van der Waals surface area contributed by atoms with E-state index >= 15 is 0 Å². The van der Waals surface area contributed by atoms with E-state index in [-0.39, 0.29) is 30.2 Å². The molecule has 2 aromatic carbocycles. The van der Waals surface area contributed by atoms with E-state index in [0.29, 0.717) is 13.0 Å². The summed E-state index contributed by atoms with van der Waals surface area (Å²) in [4.78, 5) is 46.6. The molecule has 35 heavy (non-hydrogen) atoms. The van der Waals surface area contributed by atoms with Crippen molar-refractivity contribution in [3.8, 4) is 0 Å². The normalized spacial score (nSPS) is 19.7. The van der Waals surface area contributed by atoms with Crippen LogP contribution < -0.4 is 5.32 Å². The highest BCUT2D eigenvalue weighted by molar-refractivity contribution is 5.89. The first-order valence-electron chi connectivity index (χ1n) is 11.9. The summed E-state index contributed by atoms with van der Waals surface area (Å²) in [6.07, 6.45) is 2.35. The molecule has 0 radical (unpaired) electrons. The first-order chi connectivity index (χ1) is 16.7. The molecule has 3 atom stereocenters. The summed E-state index contributed by atoms with van der Waals surface area (Å²) in [5, 5.41) is 2.99. The molecule has 8 nitrogen and oxygen atoms in total. The molecule has 1 fully saturated rings. The van der Waals surface area contributed by atoms with Crippen molar-refractivity contribution >= 4 is 28.8 Å². The lowest BCUT2D eigenvalue weighted by molar-refractivity contribution is -0.144. The van der Waals surface area contributed by atoms with Gasteiger partial charge < -0.3 is 19.7 Å². The van der Waals surface area contributed by atoms with Crippen molar-refractivity contribution in [2.24, 2.45) is 0 Å². The molecule has 0 saturated carbocycles. The van der Waals surface area contributed by atoms with Crippen LogP contribution in [0, 0.1) is 13.8 Å². The highest BCUT2D eigenvalue weighted by Crippen LogP contribution is 2.38. The number of aryl methyl sites for hydroxylation is 3. The van der Waals surface area contributed by atoms with E-state index in [1.165, 1.54) is 23.0 Å². The fourth-order valence-corrected chi connectivity index (χ4v) is 5.00. The van der Waals surface area contributed by atoms with Crippen LogP contribution in [0.2, 0.25) is 0 Å². The zero-order valence-electron chi connectivity index (χ0n) is 21.0. The van der Waals surface area contributed by atoms with Crippen LogP contribution in [-0.4, -0.2) is 63.3 Å². The highest BCUT2D eigenvalue weighted by Gasteiger charge is 2.48. The minimum absolute atomic E-state index is 0.127. The van der Waals surface area contributed by atoms with Crippen molar-refractivity contribution in [3.05, 3.63) is 65.5 Å². The minimum atomic E-state index is -0.649. The average molecular weight is 476 g/mol. The first-order valence-corrected chi connectivity index (χ1v) is 11.9. The van der Waals surface area contributed by atoms with Gasteiger partial charge in [-0.15, -0.1) is 0 Å². The molecule has 0 bridgehead atoms. The van der Waals surface area contributed by atoms with Crippen LogP contribution >= 0.6 is 0 Å². The Labute approximate surface area is 205 Å². The first kappa shape index (κ1) is 24.4. The van der Waals surface area contributed by atoms with E-state index in [0.717, 1.165) is 16.6 Å². The zero-order valence-corrected chi connectivity index (χ0v) is 21.0. The fraction of sp³-hybridized carbons (Fsp3) is 0.407. The maximum atomic E-state index is 13.8. The molecular formula is C27H33N5O3. The Kier molecular flexibility index (Phi) is 6.91. The number of fused-ring (bicyclic) bond motifs is 1. The molecule has 8 heteroatoms. The maximum Gasteiger partial charge on any atom is 0.244 e. The van der Waals surface area contributed by atoms with Crippen LogP contribution in [0.15, 0.2) is 48.8 Å². The number of likely N-dealkylation sites (tertiary alicyclic amines) is 1. The predicted octanol–water partition coefficient (Wildman–Crippen LogP) is 2.98. The standard InChI is InChI=1S/C27H33N5O3/c1-17-13-21-23(14-18(17)2)31(16-28-21)12-11-25(34)32-24(27(35)30(4)5)15-22(29-19(3)33)26(32)20-9-7-6-8-10-20/h6-10,13-14,16,22,24,26H,11-12,15H2,1-5H3,(H,29,33)/t22-,24-,26-/m0/s1. The number of carbonyl (C=O) groups is 3. The highest BCUT2D eigenvalue weighted by atomic mass is 16.2. The third kappa shape index (κ3) is 4.92. The topological polar surface area (TPSA) is 87.5 Å². The van der Waals surface area contributed by atoms with Crippen molar-refractivity contribution in [1.29, 1.82) is 0 Å². The number of nitrogens with one attached hydrogen (secondary N) is 1. The lowest BCUT2D eigenvalue weighted by Crippen LogP contribution is -2.47. The third-order valence-corrected chi connectivity index (χ3v) is 6.84. The SMILES string of the molecule is CC(=O)N[C@H]1C[C@@H](C(=O)N(C)C)N(C(=O)CCn2cnc3cc(C)c(C)cc32)[C@H]1c1ccccc1. The number of likely N-dealkylation sites (N-methyl/N-ethyl adjacent to an activating group) is 1. The number of benzene rings is 2. The van der Waals surface area contributed by atoms with Gasteiger partial charge in [-0.05, 0) is 49.1 Å². The van der Waals surface area contributed by atoms with Crippen molar-refractivity contribution < 1.29 is 14.4 Å². The van der Waals surface area contributed by atoms with Gasteiger partial charge in [-0.25, -0.2) is 4.98 Å². The number of hydrogen-bond acceptors (Lipinski definition) is 4. The van der Waals surface area contributed by atoms with E-state index in [1.807, 2.05) is 34.9 Å². The number of imidazole rings is 1. The lowest BCUT2D eigenvalue weighted by atomic mass is 9.99. The maximum absolute atomic E-state index is 13.8. The van der Waals surface area contributed by atoms with Gasteiger partial charge in [0.1, 0.15) is 6.04 Å². The third-order valence-electron chi connectivity index (χ3n) is 6.84. The van der Waals surface area contributed by atoms with Crippen LogP contribution in [0.4, 0.5) is 0 Å². The molecule has 0 aliphatic carbocycles. The molecule has 1 aliphatic heterocycles. The summed E-state index contributed by atoms with van der Waals surface area (Å²) in [6, 6.07) is 12.3. The predicted molar refractivity (Wildman–Crippen MR) is 135 cm³/mol. The molecule has 2 heterocycles. The molecule has 1 aromatic heterocycles. The van der Waals surface area contributed by atoms with Crippen LogP contribution in [0.3, 0.4) is 0 Å². The Balaban J connectivity index is 1.65. The van der Waals surface area contributed by atoms with Crippen LogP contribution in [0.25, 0.3) is 11.0 Å². The van der Waals surface area contributed by atoms with Gasteiger partial charge in [0.25, 0.3) is 0 Å². The van der Waals surface area contributed by atoms with Gasteiger partial charge >= 0.3 is 0 Å². The number of hydrogen-bond donors (Lipinski definition) is 1. The largest absolute Gasteiger partial charge is 0.351 e. The van der Waals surface area contributed by atoms with Crippen molar-refractivity contribution in [2.75, 3.05) is 14.1 Å². The Hall–Kier alpha value is -3.68. The molecule has 3 aromatic rings. The Morgan fingerprint density at radius 1 is 1.09 bits per heavy atom. The second kappa shape index (κ2) is 9.90. The van der Waals surface area contributed by atoms with Crippen LogP contribution in [0.5, 0.6) is 0 Å². The molecular weight excluding hydrogens is 442 g/mol. The summed E-state index contributed by atoms with van der Waals surface area (Å²) in [5.74, 6) is -0.458. The number of carbonyl (C=O) groups excluding carboxylic acids is 3. The van der Waals surface area contributed by atoms with Crippen molar-refractivity contribution in [3.63, 3.8) is 0 Å². The molecule has 0 unspecified atom stereocenters. The van der Waals surface area contributed by atoms with Crippen LogP contribution in [-0.2, 0) is 20.9 Å². The number of aromatic nitrogens is 2. The summed E-state index contributed by atoms with van der Waals surface area (Å²) in [7, 11) is 3.38. The second-order valence-corrected chi connectivity index (χ2v) is 9.56. The zero-order chi connectivity index (χ0) is 25.3. The number of amides is 3. The number of rotatable bonds is 6. The quantitative estimate of drug-likeness (QED) is 0.594. The molecule has 1 N–H and O–H groups in total. The van der Waals surface area contributed by atoms with E-state index in [4.69, 9.17) is 0 Å². The Morgan fingerprint density at radius 3 is 2.43 bits per heavy atom. The van der Waals surface area contributed by atoms with Gasteiger partial charge in [-0.1, -0.05) is 30.3 Å². The summed E-state index contributed by atoms with van der Waals surface area (Å²) in [6.45, 7) is 6.03. The molecule has 0 spiro atoms. The fourth-order valence-electron chi connectivity index (χ4n) is 5.00. The summed E-state index contributed by atoms with van der Waals surface area (Å²) >= 11 is 0. The van der Waals surface area contributed by atoms with Gasteiger partial charge in [-0.2, -0.15) is 0 Å². The molecule has 4 rings (SSSR count). The van der Waals surface area contributed by atoms with Gasteiger partial charge in [0.05, 0.1) is 29.4 Å². The van der Waals surface area contributed by atoms with Gasteiger partial charge in [-0.3, -0.25) is 14.4 Å². The van der Waals surface area contributed by atoms with E-state index < -0.39 is 12.1 Å². The summed E-state index contributed by atoms with van der Waals surface area (Å²) < 4.78 is 1.99. The molecule has 3 amide bonds. The van der Waals surface area contributed by atoms with Gasteiger partial charge in [0, 0.05) is 34.0 Å². The Morgan fingerprint density at radius 2 is 1.77 bits per heavy atom.